The van der Waals surface area contributed by atoms with Gasteiger partial charge in [-0.3, -0.25) is 4.68 Å². The Labute approximate surface area is 101 Å². The fourth-order valence-corrected chi connectivity index (χ4v) is 2.63. The molecule has 1 aliphatic rings. The third-order valence-corrected chi connectivity index (χ3v) is 3.41. The highest BCUT2D eigenvalue weighted by molar-refractivity contribution is 5.85. The smallest absolute Gasteiger partial charge is 0.328 e. The Hall–Kier alpha value is -1.58. The quantitative estimate of drug-likeness (QED) is 0.818. The van der Waals surface area contributed by atoms with Crippen molar-refractivity contribution in [1.29, 1.82) is 0 Å². The number of hydrogen-bond donors (Lipinski definition) is 1. The zero-order chi connectivity index (χ0) is 12.3. The molecule has 0 radical (unpaired) electrons. The molecule has 0 saturated heterocycles. The maximum Gasteiger partial charge on any atom is 0.328 e. The summed E-state index contributed by atoms with van der Waals surface area (Å²) in [4.78, 5) is 10.6. The SMILES string of the molecule is Cn1ncc(C=CC(=O)O)c1C1CCCCC1. The van der Waals surface area contributed by atoms with Crippen LogP contribution in [0.2, 0.25) is 0 Å². The lowest BCUT2D eigenvalue weighted by molar-refractivity contribution is -0.131. The van der Waals surface area contributed by atoms with Gasteiger partial charge in [-0.15, -0.1) is 0 Å². The number of carboxylic acids is 1. The number of nitrogens with zero attached hydrogens (tertiary/aromatic N) is 2. The minimum Gasteiger partial charge on any atom is -0.478 e. The molecule has 1 N–H and O–H groups in total. The van der Waals surface area contributed by atoms with Gasteiger partial charge in [-0.2, -0.15) is 5.10 Å². The summed E-state index contributed by atoms with van der Waals surface area (Å²) in [6.45, 7) is 0. The minimum absolute atomic E-state index is 0.532. The van der Waals surface area contributed by atoms with Gasteiger partial charge in [-0.25, -0.2) is 4.79 Å². The fourth-order valence-electron chi connectivity index (χ4n) is 2.63. The van der Waals surface area contributed by atoms with Gasteiger partial charge in [0.05, 0.1) is 6.20 Å². The summed E-state index contributed by atoms with van der Waals surface area (Å²) in [5.74, 6) is -0.381. The Kier molecular flexibility index (Phi) is 3.61. The van der Waals surface area contributed by atoms with Crippen LogP contribution < -0.4 is 0 Å². The molecule has 1 aromatic heterocycles. The fraction of sp³-hybridized carbons (Fsp3) is 0.538. The molecule has 4 nitrogen and oxygen atoms in total. The molecular weight excluding hydrogens is 216 g/mol. The molecule has 92 valence electrons. The van der Waals surface area contributed by atoms with Gasteiger partial charge in [0.2, 0.25) is 0 Å². The standard InChI is InChI=1S/C13H18N2O2/c1-15-13(10-5-3-2-4-6-10)11(9-14-15)7-8-12(16)17/h7-10H,2-6H2,1H3,(H,16,17). The molecule has 0 aromatic carbocycles. The first kappa shape index (κ1) is 11.9. The molecule has 0 bridgehead atoms. The van der Waals surface area contributed by atoms with Crippen molar-refractivity contribution in [2.75, 3.05) is 0 Å². The predicted octanol–water partition coefficient (Wildman–Crippen LogP) is 2.57. The Balaban J connectivity index is 2.25. The zero-order valence-corrected chi connectivity index (χ0v) is 10.1. The number of aryl methyl sites for hydroxylation is 1. The Morgan fingerprint density at radius 2 is 2.18 bits per heavy atom. The third kappa shape index (κ3) is 2.75. The number of rotatable bonds is 3. The van der Waals surface area contributed by atoms with E-state index in [0.29, 0.717) is 5.92 Å². The number of aromatic nitrogens is 2. The van der Waals surface area contributed by atoms with Crippen LogP contribution in [0.15, 0.2) is 12.3 Å². The molecule has 0 aliphatic heterocycles. The van der Waals surface area contributed by atoms with Crippen molar-refractivity contribution in [3.63, 3.8) is 0 Å². The van der Waals surface area contributed by atoms with E-state index in [1.54, 1.807) is 12.3 Å². The van der Waals surface area contributed by atoms with Crippen LogP contribution in [0.25, 0.3) is 6.08 Å². The third-order valence-electron chi connectivity index (χ3n) is 3.41. The highest BCUT2D eigenvalue weighted by atomic mass is 16.4. The zero-order valence-electron chi connectivity index (χ0n) is 10.1. The second kappa shape index (κ2) is 5.17. The monoisotopic (exact) mass is 234 g/mol. The van der Waals surface area contributed by atoms with E-state index in [2.05, 4.69) is 5.10 Å². The molecule has 1 aromatic rings. The molecule has 0 unspecified atom stereocenters. The van der Waals surface area contributed by atoms with Crippen LogP contribution in [-0.4, -0.2) is 20.9 Å². The van der Waals surface area contributed by atoms with E-state index >= 15 is 0 Å². The van der Waals surface area contributed by atoms with E-state index in [0.717, 1.165) is 5.56 Å². The molecule has 1 aliphatic carbocycles. The predicted molar refractivity (Wildman–Crippen MR) is 65.7 cm³/mol. The van der Waals surface area contributed by atoms with Crippen LogP contribution in [0.1, 0.15) is 49.3 Å². The Morgan fingerprint density at radius 3 is 2.82 bits per heavy atom. The van der Waals surface area contributed by atoms with Gasteiger partial charge in [-0.1, -0.05) is 19.3 Å². The summed E-state index contributed by atoms with van der Waals surface area (Å²) in [6, 6.07) is 0. The maximum absolute atomic E-state index is 10.6. The average molecular weight is 234 g/mol. The van der Waals surface area contributed by atoms with E-state index in [1.165, 1.54) is 43.9 Å². The second-order valence-corrected chi connectivity index (χ2v) is 4.62. The van der Waals surface area contributed by atoms with Crippen molar-refractivity contribution >= 4 is 12.0 Å². The molecule has 1 fully saturated rings. The number of hydrogen-bond acceptors (Lipinski definition) is 2. The molecule has 0 atom stereocenters. The van der Waals surface area contributed by atoms with Crippen LogP contribution in [0.4, 0.5) is 0 Å². The van der Waals surface area contributed by atoms with Crippen LogP contribution >= 0.6 is 0 Å². The lowest BCUT2D eigenvalue weighted by Gasteiger charge is -2.22. The normalized spacial score (nSPS) is 17.7. The van der Waals surface area contributed by atoms with Gasteiger partial charge in [0.15, 0.2) is 0 Å². The minimum atomic E-state index is -0.913. The van der Waals surface area contributed by atoms with Crippen molar-refractivity contribution in [3.8, 4) is 0 Å². The molecule has 4 heteroatoms. The highest BCUT2D eigenvalue weighted by Crippen LogP contribution is 2.34. The van der Waals surface area contributed by atoms with Gasteiger partial charge < -0.3 is 5.11 Å². The van der Waals surface area contributed by atoms with Crippen molar-refractivity contribution < 1.29 is 9.90 Å². The Bertz CT molecular complexity index is 429. The summed E-state index contributed by atoms with van der Waals surface area (Å²) in [5.41, 5.74) is 2.13. The average Bonchev–Trinajstić information content (AvgIpc) is 2.69. The van der Waals surface area contributed by atoms with Crippen LogP contribution in [-0.2, 0) is 11.8 Å². The van der Waals surface area contributed by atoms with E-state index in [-0.39, 0.29) is 0 Å². The summed E-state index contributed by atoms with van der Waals surface area (Å²) in [5, 5.41) is 12.9. The molecule has 1 heterocycles. The van der Waals surface area contributed by atoms with E-state index < -0.39 is 5.97 Å². The first-order valence-electron chi connectivity index (χ1n) is 6.11. The van der Waals surface area contributed by atoms with Crippen LogP contribution in [0.5, 0.6) is 0 Å². The van der Waals surface area contributed by atoms with Crippen molar-refractivity contribution in [1.82, 2.24) is 9.78 Å². The molecule has 1 saturated carbocycles. The lowest BCUT2D eigenvalue weighted by atomic mass is 9.85. The topological polar surface area (TPSA) is 55.1 Å². The number of carbonyl (C=O) groups is 1. The molecule has 0 amide bonds. The van der Waals surface area contributed by atoms with Crippen LogP contribution in [0.3, 0.4) is 0 Å². The first-order valence-corrected chi connectivity index (χ1v) is 6.11. The van der Waals surface area contributed by atoms with E-state index in [1.807, 2.05) is 11.7 Å². The van der Waals surface area contributed by atoms with Crippen molar-refractivity contribution in [3.05, 3.63) is 23.5 Å². The van der Waals surface area contributed by atoms with E-state index in [4.69, 9.17) is 5.11 Å². The summed E-state index contributed by atoms with van der Waals surface area (Å²) < 4.78 is 1.89. The van der Waals surface area contributed by atoms with E-state index in [9.17, 15) is 4.79 Å². The van der Waals surface area contributed by atoms with Gasteiger partial charge in [0.1, 0.15) is 0 Å². The van der Waals surface area contributed by atoms with Crippen molar-refractivity contribution in [2.24, 2.45) is 7.05 Å². The summed E-state index contributed by atoms with van der Waals surface area (Å²) >= 11 is 0. The Morgan fingerprint density at radius 1 is 1.47 bits per heavy atom. The number of carboxylic acid groups (broad SMARTS) is 1. The number of aliphatic carboxylic acids is 1. The highest BCUT2D eigenvalue weighted by Gasteiger charge is 2.21. The van der Waals surface area contributed by atoms with Gasteiger partial charge >= 0.3 is 5.97 Å². The second-order valence-electron chi connectivity index (χ2n) is 4.62. The van der Waals surface area contributed by atoms with Gasteiger partial charge in [-0.05, 0) is 18.9 Å². The largest absolute Gasteiger partial charge is 0.478 e. The molecule has 2 rings (SSSR count). The summed E-state index contributed by atoms with van der Waals surface area (Å²) in [7, 11) is 1.93. The maximum atomic E-state index is 10.6. The molecule has 17 heavy (non-hydrogen) atoms. The molecule has 0 spiro atoms. The lowest BCUT2D eigenvalue weighted by Crippen LogP contribution is -2.10. The van der Waals surface area contributed by atoms with Gasteiger partial charge in [0, 0.05) is 30.3 Å². The molecular formula is C13H18N2O2. The van der Waals surface area contributed by atoms with Crippen LogP contribution in [0, 0.1) is 0 Å². The van der Waals surface area contributed by atoms with Gasteiger partial charge in [0.25, 0.3) is 0 Å². The first-order chi connectivity index (χ1) is 8.18. The summed E-state index contributed by atoms with van der Waals surface area (Å²) in [6.07, 6.45) is 10.8. The van der Waals surface area contributed by atoms with Crippen molar-refractivity contribution in [2.45, 2.75) is 38.0 Å².